The van der Waals surface area contributed by atoms with Crippen molar-refractivity contribution in [3.8, 4) is 5.75 Å². The highest BCUT2D eigenvalue weighted by molar-refractivity contribution is 5.54. The minimum Gasteiger partial charge on any atom is -0.465 e. The third kappa shape index (κ3) is 7.21. The van der Waals surface area contributed by atoms with Crippen LogP contribution in [0.25, 0.3) is 0 Å². The summed E-state index contributed by atoms with van der Waals surface area (Å²) in [5, 5.41) is 0. The largest absolute Gasteiger partial charge is 0.465 e. The molecule has 0 aliphatic rings. The quantitative estimate of drug-likeness (QED) is 0.208. The lowest BCUT2D eigenvalue weighted by Gasteiger charge is -2.26. The van der Waals surface area contributed by atoms with Crippen LogP contribution in [0.4, 0.5) is 0 Å². The Hall–Kier alpha value is -3.58. The Labute approximate surface area is 219 Å². The summed E-state index contributed by atoms with van der Waals surface area (Å²) in [6, 6.07) is 25.8. The van der Waals surface area contributed by atoms with Gasteiger partial charge in [-0.2, -0.15) is 0 Å². The molecular formula is C35H42O. The number of ether oxygens (including phenoxy) is 1. The average molecular weight is 479 g/mol. The zero-order chi connectivity index (χ0) is 26.5. The van der Waals surface area contributed by atoms with Crippen LogP contribution in [0.15, 0.2) is 122 Å². The Morgan fingerprint density at radius 2 is 1.22 bits per heavy atom. The minimum atomic E-state index is 0.164. The van der Waals surface area contributed by atoms with Gasteiger partial charge in [0.2, 0.25) is 0 Å². The number of hydrogen-bond donors (Lipinski definition) is 0. The Bertz CT molecular complexity index is 1090. The summed E-state index contributed by atoms with van der Waals surface area (Å²) < 4.78 is 6.15. The van der Waals surface area contributed by atoms with E-state index in [0.29, 0.717) is 0 Å². The molecule has 3 unspecified atom stereocenters. The molecule has 1 heteroatoms. The summed E-state index contributed by atoms with van der Waals surface area (Å²) in [4.78, 5) is 0. The van der Waals surface area contributed by atoms with E-state index in [2.05, 4.69) is 119 Å². The predicted octanol–water partition coefficient (Wildman–Crippen LogP) is 10.3. The smallest absolute Gasteiger partial charge is 0.134 e. The standard InChI is InChI=1S/C33H36O.C2H6/c1-7-9-12-17-24(3)25(4)30-22-31(26(5)28-18-13-10-14-19-28)33(34-8-2)32(23-30)27(6)29-20-15-11-16-21-29;1-2/h7-23,25-27H,2-3H2,1,4-6H3;1-2H3/b9-7-,17-12-;. The summed E-state index contributed by atoms with van der Waals surface area (Å²) in [6.07, 6.45) is 9.74. The first-order valence-electron chi connectivity index (χ1n) is 13.0. The van der Waals surface area contributed by atoms with Crippen LogP contribution in [0.3, 0.4) is 0 Å². The summed E-state index contributed by atoms with van der Waals surface area (Å²) in [6.45, 7) is 21.0. The van der Waals surface area contributed by atoms with Crippen molar-refractivity contribution in [1.82, 2.24) is 0 Å². The molecule has 0 saturated heterocycles. The van der Waals surface area contributed by atoms with Crippen molar-refractivity contribution in [2.24, 2.45) is 0 Å². The zero-order valence-corrected chi connectivity index (χ0v) is 22.9. The van der Waals surface area contributed by atoms with Gasteiger partial charge in [0.25, 0.3) is 0 Å². The minimum absolute atomic E-state index is 0.164. The van der Waals surface area contributed by atoms with Gasteiger partial charge < -0.3 is 4.74 Å². The van der Waals surface area contributed by atoms with Gasteiger partial charge in [-0.25, -0.2) is 0 Å². The van der Waals surface area contributed by atoms with E-state index in [1.54, 1.807) is 6.26 Å². The molecule has 36 heavy (non-hydrogen) atoms. The van der Waals surface area contributed by atoms with E-state index in [-0.39, 0.29) is 17.8 Å². The van der Waals surface area contributed by atoms with Crippen LogP contribution in [0.2, 0.25) is 0 Å². The van der Waals surface area contributed by atoms with Crippen molar-refractivity contribution in [2.45, 2.75) is 59.3 Å². The molecule has 0 spiro atoms. The highest BCUT2D eigenvalue weighted by atomic mass is 16.5. The summed E-state index contributed by atoms with van der Waals surface area (Å²) in [5.74, 6) is 1.39. The van der Waals surface area contributed by atoms with Crippen LogP contribution < -0.4 is 4.74 Å². The van der Waals surface area contributed by atoms with Gasteiger partial charge in [-0.1, -0.05) is 145 Å². The van der Waals surface area contributed by atoms with E-state index in [4.69, 9.17) is 4.74 Å². The van der Waals surface area contributed by atoms with E-state index in [1.165, 1.54) is 27.8 Å². The van der Waals surface area contributed by atoms with E-state index in [1.807, 2.05) is 32.9 Å². The molecule has 0 fully saturated rings. The maximum Gasteiger partial charge on any atom is 0.134 e. The first-order chi connectivity index (χ1) is 17.5. The van der Waals surface area contributed by atoms with Gasteiger partial charge in [-0.05, 0) is 29.2 Å². The summed E-state index contributed by atoms with van der Waals surface area (Å²) in [7, 11) is 0. The van der Waals surface area contributed by atoms with Crippen LogP contribution in [0.1, 0.15) is 87.1 Å². The van der Waals surface area contributed by atoms with Crippen LogP contribution in [0.5, 0.6) is 5.75 Å². The van der Waals surface area contributed by atoms with Crippen LogP contribution in [-0.4, -0.2) is 0 Å². The van der Waals surface area contributed by atoms with Crippen LogP contribution in [0, 0.1) is 0 Å². The highest BCUT2D eigenvalue weighted by Crippen LogP contribution is 2.42. The van der Waals surface area contributed by atoms with Crippen molar-refractivity contribution < 1.29 is 4.74 Å². The normalized spacial score (nSPS) is 13.5. The average Bonchev–Trinajstić information content (AvgIpc) is 2.94. The molecule has 3 aromatic carbocycles. The second-order valence-electron chi connectivity index (χ2n) is 8.76. The molecule has 3 rings (SSSR count). The fourth-order valence-electron chi connectivity index (χ4n) is 4.30. The molecule has 0 heterocycles. The second kappa shape index (κ2) is 14.7. The third-order valence-corrected chi connectivity index (χ3v) is 6.57. The van der Waals surface area contributed by atoms with E-state index >= 15 is 0 Å². The molecular weight excluding hydrogens is 436 g/mol. The van der Waals surface area contributed by atoms with Crippen LogP contribution in [-0.2, 0) is 0 Å². The molecule has 0 N–H and O–H groups in total. The van der Waals surface area contributed by atoms with E-state index in [0.717, 1.165) is 11.3 Å². The first kappa shape index (κ1) is 28.7. The lowest BCUT2D eigenvalue weighted by atomic mass is 9.81. The van der Waals surface area contributed by atoms with E-state index in [9.17, 15) is 0 Å². The zero-order valence-electron chi connectivity index (χ0n) is 22.9. The molecule has 0 amide bonds. The van der Waals surface area contributed by atoms with Gasteiger partial charge in [0.15, 0.2) is 0 Å². The molecule has 0 radical (unpaired) electrons. The van der Waals surface area contributed by atoms with Gasteiger partial charge in [-0.3, -0.25) is 0 Å². The Kier molecular flexibility index (Phi) is 11.7. The van der Waals surface area contributed by atoms with Crippen molar-refractivity contribution in [2.75, 3.05) is 0 Å². The third-order valence-electron chi connectivity index (χ3n) is 6.57. The number of rotatable bonds is 10. The fraction of sp³-hybridized carbons (Fsp3) is 0.257. The molecule has 3 aromatic rings. The number of hydrogen-bond acceptors (Lipinski definition) is 1. The molecule has 0 aliphatic heterocycles. The lowest BCUT2D eigenvalue weighted by Crippen LogP contribution is -2.08. The summed E-state index contributed by atoms with van der Waals surface area (Å²) in [5.41, 5.74) is 7.16. The van der Waals surface area contributed by atoms with Crippen molar-refractivity contribution in [1.29, 1.82) is 0 Å². The topological polar surface area (TPSA) is 9.23 Å². The molecule has 188 valence electrons. The molecule has 0 aromatic heterocycles. The lowest BCUT2D eigenvalue weighted by molar-refractivity contribution is 0.466. The fourth-order valence-corrected chi connectivity index (χ4v) is 4.30. The molecule has 3 atom stereocenters. The van der Waals surface area contributed by atoms with Gasteiger partial charge in [0.1, 0.15) is 5.75 Å². The molecule has 0 aliphatic carbocycles. The van der Waals surface area contributed by atoms with Crippen LogP contribution >= 0.6 is 0 Å². The van der Waals surface area contributed by atoms with Gasteiger partial charge in [0.05, 0.1) is 6.26 Å². The number of benzene rings is 3. The van der Waals surface area contributed by atoms with Crippen molar-refractivity contribution in [3.05, 3.63) is 150 Å². The highest BCUT2D eigenvalue weighted by Gasteiger charge is 2.24. The monoisotopic (exact) mass is 478 g/mol. The van der Waals surface area contributed by atoms with Gasteiger partial charge >= 0.3 is 0 Å². The summed E-state index contributed by atoms with van der Waals surface area (Å²) >= 11 is 0. The Balaban J connectivity index is 0.00000222. The van der Waals surface area contributed by atoms with Crippen molar-refractivity contribution in [3.63, 3.8) is 0 Å². The molecule has 0 bridgehead atoms. The Morgan fingerprint density at radius 3 is 1.64 bits per heavy atom. The maximum absolute atomic E-state index is 6.15. The number of allylic oxidation sites excluding steroid dienone is 5. The van der Waals surface area contributed by atoms with Crippen molar-refractivity contribution >= 4 is 0 Å². The predicted molar refractivity (Wildman–Crippen MR) is 158 cm³/mol. The van der Waals surface area contributed by atoms with Gasteiger partial charge in [0, 0.05) is 28.9 Å². The van der Waals surface area contributed by atoms with Gasteiger partial charge in [-0.15, -0.1) is 0 Å². The molecule has 0 saturated carbocycles. The maximum atomic E-state index is 6.15. The second-order valence-corrected chi connectivity index (χ2v) is 8.76. The Morgan fingerprint density at radius 1 is 0.750 bits per heavy atom. The molecule has 1 nitrogen and oxygen atoms in total. The first-order valence-corrected chi connectivity index (χ1v) is 13.0. The SMILES string of the molecule is C=COc1c(C(C)c2ccccc2)cc(C(C)C(=C)/C=C\C=C/C)cc1C(C)c1ccccc1.CC. The van der Waals surface area contributed by atoms with E-state index < -0.39 is 0 Å².